The van der Waals surface area contributed by atoms with Crippen molar-refractivity contribution in [2.45, 2.75) is 6.54 Å². The van der Waals surface area contributed by atoms with Gasteiger partial charge in [0.15, 0.2) is 0 Å². The molecule has 0 unspecified atom stereocenters. The number of halogens is 1. The summed E-state index contributed by atoms with van der Waals surface area (Å²) in [5.74, 6) is 3.15. The Hall–Kier alpha value is -2.75. The molecule has 0 aliphatic carbocycles. The van der Waals surface area contributed by atoms with Gasteiger partial charge in [-0.1, -0.05) is 16.8 Å². The van der Waals surface area contributed by atoms with E-state index in [1.54, 1.807) is 6.33 Å². The van der Waals surface area contributed by atoms with E-state index in [-0.39, 0.29) is 0 Å². The first-order valence-corrected chi connectivity index (χ1v) is 10.8. The Morgan fingerprint density at radius 3 is 2.26 bits per heavy atom. The molecule has 0 radical (unpaired) electrons. The Morgan fingerprint density at radius 2 is 1.55 bits per heavy atom. The highest BCUT2D eigenvalue weighted by atomic mass is 35.5. The summed E-state index contributed by atoms with van der Waals surface area (Å²) in [5.41, 5.74) is 0.893. The first-order valence-electron chi connectivity index (χ1n) is 10.5. The number of aromatic nitrogens is 4. The van der Waals surface area contributed by atoms with E-state index in [9.17, 15) is 0 Å². The number of rotatable bonds is 5. The molecular formula is C21H24ClN7O2. The summed E-state index contributed by atoms with van der Waals surface area (Å²) >= 11 is 5.95. The van der Waals surface area contributed by atoms with Crippen molar-refractivity contribution in [1.82, 2.24) is 25.0 Å². The molecule has 4 heterocycles. The number of ether oxygens (including phenoxy) is 1. The lowest BCUT2D eigenvalue weighted by Crippen LogP contribution is -2.46. The van der Waals surface area contributed by atoms with Crippen molar-refractivity contribution in [3.05, 3.63) is 47.6 Å². The third-order valence-corrected chi connectivity index (χ3v) is 5.85. The molecule has 0 N–H and O–H groups in total. The third kappa shape index (κ3) is 4.79. The van der Waals surface area contributed by atoms with Crippen molar-refractivity contribution >= 4 is 23.2 Å². The van der Waals surface area contributed by atoms with Gasteiger partial charge < -0.3 is 19.1 Å². The average Bonchev–Trinajstić information content (AvgIpc) is 3.29. The minimum atomic E-state index is 0.585. The molecule has 162 valence electrons. The van der Waals surface area contributed by atoms with Crippen molar-refractivity contribution in [3.8, 4) is 11.4 Å². The first kappa shape index (κ1) is 20.2. The van der Waals surface area contributed by atoms with Gasteiger partial charge in [-0.25, -0.2) is 9.97 Å². The van der Waals surface area contributed by atoms with E-state index >= 15 is 0 Å². The van der Waals surface area contributed by atoms with Crippen LogP contribution in [0.2, 0.25) is 5.02 Å². The molecule has 2 fully saturated rings. The molecule has 0 spiro atoms. The molecule has 2 aromatic heterocycles. The van der Waals surface area contributed by atoms with Crippen LogP contribution in [-0.4, -0.2) is 77.5 Å². The number of hydrogen-bond donors (Lipinski definition) is 0. The summed E-state index contributed by atoms with van der Waals surface area (Å²) < 4.78 is 10.9. The predicted octanol–water partition coefficient (Wildman–Crippen LogP) is 2.34. The van der Waals surface area contributed by atoms with Gasteiger partial charge in [0.25, 0.3) is 0 Å². The molecule has 2 aliphatic rings. The number of hydrogen-bond acceptors (Lipinski definition) is 9. The molecule has 31 heavy (non-hydrogen) atoms. The average molecular weight is 442 g/mol. The minimum Gasteiger partial charge on any atom is -0.378 e. The number of nitrogens with zero attached hydrogens (tertiary/aromatic N) is 7. The highest BCUT2D eigenvalue weighted by Gasteiger charge is 2.22. The second kappa shape index (κ2) is 9.17. The molecule has 3 aromatic rings. The summed E-state index contributed by atoms with van der Waals surface area (Å²) in [5, 5.41) is 4.79. The molecule has 0 saturated carbocycles. The van der Waals surface area contributed by atoms with E-state index in [0.29, 0.717) is 23.3 Å². The second-order valence-corrected chi connectivity index (χ2v) is 8.05. The van der Waals surface area contributed by atoms with Gasteiger partial charge in [0, 0.05) is 55.9 Å². The van der Waals surface area contributed by atoms with Crippen LogP contribution in [0.25, 0.3) is 11.4 Å². The first-order chi connectivity index (χ1) is 15.2. The smallest absolute Gasteiger partial charge is 0.241 e. The monoisotopic (exact) mass is 441 g/mol. The van der Waals surface area contributed by atoms with Crippen LogP contribution in [0.5, 0.6) is 0 Å². The van der Waals surface area contributed by atoms with Gasteiger partial charge in [-0.2, -0.15) is 4.98 Å². The van der Waals surface area contributed by atoms with Crippen LogP contribution < -0.4 is 9.80 Å². The zero-order valence-corrected chi connectivity index (χ0v) is 17.9. The van der Waals surface area contributed by atoms with E-state index in [4.69, 9.17) is 20.9 Å². The lowest BCUT2D eigenvalue weighted by Gasteiger charge is -2.35. The molecule has 0 amide bonds. The van der Waals surface area contributed by atoms with Gasteiger partial charge in [-0.05, 0) is 24.3 Å². The largest absolute Gasteiger partial charge is 0.378 e. The minimum absolute atomic E-state index is 0.585. The second-order valence-electron chi connectivity index (χ2n) is 7.62. The molecule has 10 heteroatoms. The Bertz CT molecular complexity index is 999. The summed E-state index contributed by atoms with van der Waals surface area (Å²) in [7, 11) is 0. The van der Waals surface area contributed by atoms with Crippen molar-refractivity contribution in [2.24, 2.45) is 0 Å². The van der Waals surface area contributed by atoms with Gasteiger partial charge in [0.1, 0.15) is 18.0 Å². The van der Waals surface area contributed by atoms with E-state index in [1.807, 2.05) is 24.3 Å². The fraction of sp³-hybridized carbons (Fsp3) is 0.429. The van der Waals surface area contributed by atoms with Crippen LogP contribution in [0, 0.1) is 0 Å². The summed E-state index contributed by atoms with van der Waals surface area (Å²) in [4.78, 5) is 20.3. The lowest BCUT2D eigenvalue weighted by atomic mass is 10.2. The van der Waals surface area contributed by atoms with Crippen molar-refractivity contribution in [2.75, 3.05) is 62.3 Å². The SMILES string of the molecule is Clc1ccc(-c2noc(CN3CCN(c4cc(N5CCOCC5)ncn4)CC3)n2)cc1. The Morgan fingerprint density at radius 1 is 0.871 bits per heavy atom. The van der Waals surface area contributed by atoms with E-state index in [0.717, 1.165) is 69.7 Å². The number of anilines is 2. The van der Waals surface area contributed by atoms with Gasteiger partial charge in [-0.3, -0.25) is 4.90 Å². The molecule has 2 saturated heterocycles. The van der Waals surface area contributed by atoms with Gasteiger partial charge in [-0.15, -0.1) is 0 Å². The zero-order chi connectivity index (χ0) is 21.0. The van der Waals surface area contributed by atoms with Crippen molar-refractivity contribution < 1.29 is 9.26 Å². The highest BCUT2D eigenvalue weighted by molar-refractivity contribution is 6.30. The Labute approximate surface area is 185 Å². The number of piperazine rings is 1. The molecule has 2 aliphatic heterocycles. The zero-order valence-electron chi connectivity index (χ0n) is 17.2. The molecule has 1 aromatic carbocycles. The van der Waals surface area contributed by atoms with Crippen LogP contribution in [-0.2, 0) is 11.3 Å². The summed E-state index contributed by atoms with van der Waals surface area (Å²) in [6, 6.07) is 9.51. The predicted molar refractivity (Wildman–Crippen MR) is 117 cm³/mol. The quantitative estimate of drug-likeness (QED) is 0.592. The normalized spacial score (nSPS) is 17.8. The molecule has 0 bridgehead atoms. The maximum atomic E-state index is 5.95. The molecule has 9 nitrogen and oxygen atoms in total. The van der Waals surface area contributed by atoms with Gasteiger partial charge >= 0.3 is 0 Å². The lowest BCUT2D eigenvalue weighted by molar-refractivity contribution is 0.122. The van der Waals surface area contributed by atoms with E-state index in [1.165, 1.54) is 0 Å². The van der Waals surface area contributed by atoms with Crippen molar-refractivity contribution in [1.29, 1.82) is 0 Å². The standard InChI is InChI=1S/C21H24ClN7O2/c22-17-3-1-16(2-4-17)21-25-20(31-26-21)14-27-5-7-28(8-6-27)18-13-19(24-15-23-18)29-9-11-30-12-10-29/h1-4,13,15H,5-12,14H2. The Balaban J connectivity index is 1.17. The van der Waals surface area contributed by atoms with Gasteiger partial charge in [0.2, 0.25) is 11.7 Å². The maximum Gasteiger partial charge on any atom is 0.241 e. The summed E-state index contributed by atoms with van der Waals surface area (Å²) in [6.07, 6.45) is 1.66. The third-order valence-electron chi connectivity index (χ3n) is 5.60. The van der Waals surface area contributed by atoms with Crippen LogP contribution in [0.3, 0.4) is 0 Å². The molecule has 5 rings (SSSR count). The fourth-order valence-electron chi connectivity index (χ4n) is 3.84. The maximum absolute atomic E-state index is 5.95. The summed E-state index contributed by atoms with van der Waals surface area (Å²) in [6.45, 7) is 7.43. The van der Waals surface area contributed by atoms with Crippen LogP contribution in [0.15, 0.2) is 41.2 Å². The number of morpholine rings is 1. The van der Waals surface area contributed by atoms with Gasteiger partial charge in [0.05, 0.1) is 19.8 Å². The molecule has 0 atom stereocenters. The molecular weight excluding hydrogens is 418 g/mol. The Kier molecular flexibility index (Phi) is 5.97. The highest BCUT2D eigenvalue weighted by Crippen LogP contribution is 2.21. The van der Waals surface area contributed by atoms with Crippen LogP contribution in [0.4, 0.5) is 11.6 Å². The van der Waals surface area contributed by atoms with E-state index < -0.39 is 0 Å². The number of benzene rings is 1. The van der Waals surface area contributed by atoms with E-state index in [2.05, 4.69) is 40.9 Å². The fourth-order valence-corrected chi connectivity index (χ4v) is 3.96. The van der Waals surface area contributed by atoms with Crippen molar-refractivity contribution in [3.63, 3.8) is 0 Å². The van der Waals surface area contributed by atoms with Crippen LogP contribution in [0.1, 0.15) is 5.89 Å². The topological polar surface area (TPSA) is 83.7 Å². The van der Waals surface area contributed by atoms with Crippen LogP contribution >= 0.6 is 11.6 Å².